The first-order valence-corrected chi connectivity index (χ1v) is 10.5. The van der Waals surface area contributed by atoms with E-state index in [-0.39, 0.29) is 24.4 Å². The third kappa shape index (κ3) is 7.20. The van der Waals surface area contributed by atoms with Crippen molar-refractivity contribution in [2.24, 2.45) is 0 Å². The topological polar surface area (TPSA) is 114 Å². The van der Waals surface area contributed by atoms with Crippen molar-refractivity contribution in [3.63, 3.8) is 0 Å². The van der Waals surface area contributed by atoms with E-state index in [9.17, 15) is 18.0 Å². The fourth-order valence-corrected chi connectivity index (χ4v) is 3.59. The molecule has 29 heavy (non-hydrogen) atoms. The molecule has 1 atom stereocenters. The lowest BCUT2D eigenvalue weighted by Crippen LogP contribution is -2.49. The predicted molar refractivity (Wildman–Crippen MR) is 109 cm³/mol. The lowest BCUT2D eigenvalue weighted by atomic mass is 10.1. The molecule has 0 heterocycles. The van der Waals surface area contributed by atoms with Crippen LogP contribution in [0.3, 0.4) is 0 Å². The minimum Gasteiger partial charge on any atom is -0.453 e. The number of rotatable bonds is 9. The van der Waals surface area contributed by atoms with Gasteiger partial charge in [0.05, 0.1) is 12.0 Å². The van der Waals surface area contributed by atoms with Gasteiger partial charge in [0.25, 0.3) is 0 Å². The van der Waals surface area contributed by atoms with Crippen LogP contribution in [-0.2, 0) is 26.0 Å². The summed E-state index contributed by atoms with van der Waals surface area (Å²) in [4.78, 5) is 24.2. The summed E-state index contributed by atoms with van der Waals surface area (Å²) in [6, 6.07) is 14.8. The van der Waals surface area contributed by atoms with Crippen molar-refractivity contribution in [3.8, 4) is 0 Å². The van der Waals surface area contributed by atoms with Gasteiger partial charge in [-0.1, -0.05) is 48.0 Å². The molecule has 0 aromatic heterocycles. The van der Waals surface area contributed by atoms with Crippen LogP contribution in [0.1, 0.15) is 11.1 Å². The molecular weight excluding hydrogens is 394 g/mol. The number of amides is 2. The number of hydrogen-bond acceptors (Lipinski definition) is 5. The first kappa shape index (κ1) is 22.4. The van der Waals surface area contributed by atoms with Crippen LogP contribution >= 0.6 is 0 Å². The fourth-order valence-electron chi connectivity index (χ4n) is 2.56. The summed E-state index contributed by atoms with van der Waals surface area (Å²) < 4.78 is 31.5. The second-order valence-electron chi connectivity index (χ2n) is 6.38. The quantitative estimate of drug-likeness (QED) is 0.531. The first-order valence-electron chi connectivity index (χ1n) is 9.04. The highest BCUT2D eigenvalue weighted by Gasteiger charge is 2.21. The van der Waals surface area contributed by atoms with E-state index in [0.717, 1.165) is 11.1 Å². The molecule has 0 aliphatic rings. The van der Waals surface area contributed by atoms with Crippen molar-refractivity contribution >= 4 is 22.0 Å². The van der Waals surface area contributed by atoms with Gasteiger partial charge in [-0.05, 0) is 24.6 Å². The average Bonchev–Trinajstić information content (AvgIpc) is 2.71. The zero-order valence-electron chi connectivity index (χ0n) is 16.3. The maximum atomic E-state index is 12.5. The summed E-state index contributed by atoms with van der Waals surface area (Å²) in [5.74, 6) is -0.436. The first-order chi connectivity index (χ1) is 13.8. The standard InChI is InChI=1S/C20H25N3O5S/c1-15-8-10-17(11-9-15)29(26,27)22-13-12-21-19(24)18(23-20(25)28-2)14-16-6-4-3-5-7-16/h3-11,18,22H,12-14H2,1-2H3,(H,21,24)(H,23,25). The Morgan fingerprint density at radius 1 is 1.00 bits per heavy atom. The number of carbonyl (C=O) groups is 2. The van der Waals surface area contributed by atoms with Gasteiger partial charge in [0, 0.05) is 19.5 Å². The zero-order chi connectivity index (χ0) is 21.3. The van der Waals surface area contributed by atoms with Gasteiger partial charge < -0.3 is 15.4 Å². The van der Waals surface area contributed by atoms with Gasteiger partial charge in [0.1, 0.15) is 6.04 Å². The van der Waals surface area contributed by atoms with Gasteiger partial charge in [-0.15, -0.1) is 0 Å². The van der Waals surface area contributed by atoms with Gasteiger partial charge in [-0.2, -0.15) is 0 Å². The molecule has 156 valence electrons. The minimum absolute atomic E-state index is 0.0121. The zero-order valence-corrected chi connectivity index (χ0v) is 17.2. The van der Waals surface area contributed by atoms with E-state index in [1.807, 2.05) is 37.3 Å². The predicted octanol–water partition coefficient (Wildman–Crippen LogP) is 1.36. The molecule has 9 heteroatoms. The number of hydrogen-bond donors (Lipinski definition) is 3. The van der Waals surface area contributed by atoms with Crippen LogP contribution in [0, 0.1) is 6.92 Å². The monoisotopic (exact) mass is 419 g/mol. The summed E-state index contributed by atoms with van der Waals surface area (Å²) in [5.41, 5.74) is 1.82. The van der Waals surface area contributed by atoms with Crippen molar-refractivity contribution in [2.75, 3.05) is 20.2 Å². The maximum Gasteiger partial charge on any atom is 0.407 e. The molecule has 2 amide bonds. The molecule has 0 radical (unpaired) electrons. The van der Waals surface area contributed by atoms with E-state index in [4.69, 9.17) is 0 Å². The number of sulfonamides is 1. The lowest BCUT2D eigenvalue weighted by molar-refractivity contribution is -0.123. The fraction of sp³-hybridized carbons (Fsp3) is 0.300. The van der Waals surface area contributed by atoms with E-state index < -0.39 is 28.1 Å². The van der Waals surface area contributed by atoms with E-state index in [0.29, 0.717) is 0 Å². The Morgan fingerprint density at radius 2 is 1.66 bits per heavy atom. The number of carbonyl (C=O) groups excluding carboxylic acids is 2. The molecule has 2 rings (SSSR count). The Morgan fingerprint density at radius 3 is 2.28 bits per heavy atom. The van der Waals surface area contributed by atoms with Gasteiger partial charge in [-0.3, -0.25) is 4.79 Å². The number of aryl methyl sites for hydroxylation is 1. The molecule has 2 aromatic carbocycles. The van der Waals surface area contributed by atoms with Crippen LogP contribution in [0.4, 0.5) is 4.79 Å². The smallest absolute Gasteiger partial charge is 0.407 e. The Bertz CT molecular complexity index is 915. The molecule has 0 bridgehead atoms. The average molecular weight is 420 g/mol. The Labute approximate surface area is 170 Å². The molecule has 0 aliphatic carbocycles. The highest BCUT2D eigenvalue weighted by atomic mass is 32.2. The molecule has 0 saturated carbocycles. The highest BCUT2D eigenvalue weighted by Crippen LogP contribution is 2.09. The second-order valence-corrected chi connectivity index (χ2v) is 8.15. The van der Waals surface area contributed by atoms with Crippen LogP contribution in [0.2, 0.25) is 0 Å². The summed E-state index contributed by atoms with van der Waals surface area (Å²) in [5, 5.41) is 5.12. The van der Waals surface area contributed by atoms with Crippen molar-refractivity contribution in [2.45, 2.75) is 24.3 Å². The van der Waals surface area contributed by atoms with Crippen LogP contribution in [0.5, 0.6) is 0 Å². The number of benzene rings is 2. The third-order valence-electron chi connectivity index (χ3n) is 4.12. The summed E-state index contributed by atoms with van der Waals surface area (Å²) in [6.45, 7) is 1.95. The number of nitrogens with one attached hydrogen (secondary N) is 3. The summed E-state index contributed by atoms with van der Waals surface area (Å²) in [6.07, 6.45) is -0.446. The number of alkyl carbamates (subject to hydrolysis) is 1. The molecule has 3 N–H and O–H groups in total. The number of methoxy groups -OCH3 is 1. The van der Waals surface area contributed by atoms with E-state index in [2.05, 4.69) is 20.1 Å². The van der Waals surface area contributed by atoms with Gasteiger partial charge in [-0.25, -0.2) is 17.9 Å². The minimum atomic E-state index is -3.66. The van der Waals surface area contributed by atoms with Gasteiger partial charge in [0.2, 0.25) is 15.9 Å². The molecule has 8 nitrogen and oxygen atoms in total. The molecular formula is C20H25N3O5S. The van der Waals surface area contributed by atoms with Crippen molar-refractivity contribution in [1.82, 2.24) is 15.4 Å². The number of ether oxygens (including phenoxy) is 1. The van der Waals surface area contributed by atoms with Crippen molar-refractivity contribution in [1.29, 1.82) is 0 Å². The van der Waals surface area contributed by atoms with E-state index in [1.54, 1.807) is 12.1 Å². The van der Waals surface area contributed by atoms with E-state index >= 15 is 0 Å². The molecule has 2 aromatic rings. The summed E-state index contributed by atoms with van der Waals surface area (Å²) in [7, 11) is -2.44. The highest BCUT2D eigenvalue weighted by molar-refractivity contribution is 7.89. The molecule has 0 saturated heterocycles. The molecule has 0 aliphatic heterocycles. The second kappa shape index (κ2) is 10.6. The molecule has 1 unspecified atom stereocenters. The Hall–Kier alpha value is -2.91. The normalized spacial score (nSPS) is 12.1. The van der Waals surface area contributed by atoms with E-state index in [1.165, 1.54) is 19.2 Å². The molecule has 0 spiro atoms. The largest absolute Gasteiger partial charge is 0.453 e. The van der Waals surface area contributed by atoms with Crippen LogP contribution in [0.25, 0.3) is 0 Å². The lowest BCUT2D eigenvalue weighted by Gasteiger charge is -2.18. The molecule has 0 fully saturated rings. The van der Waals surface area contributed by atoms with Crippen LogP contribution < -0.4 is 15.4 Å². The SMILES string of the molecule is COC(=O)NC(Cc1ccccc1)C(=O)NCCNS(=O)(=O)c1ccc(C)cc1. The van der Waals surface area contributed by atoms with Gasteiger partial charge in [0.15, 0.2) is 0 Å². The Balaban J connectivity index is 1.90. The Kier molecular flexibility index (Phi) is 8.17. The third-order valence-corrected chi connectivity index (χ3v) is 5.60. The summed E-state index contributed by atoms with van der Waals surface area (Å²) >= 11 is 0. The maximum absolute atomic E-state index is 12.5. The van der Waals surface area contributed by atoms with Crippen LogP contribution in [-0.4, -0.2) is 46.7 Å². The van der Waals surface area contributed by atoms with Crippen molar-refractivity contribution < 1.29 is 22.7 Å². The van der Waals surface area contributed by atoms with Gasteiger partial charge >= 0.3 is 6.09 Å². The van der Waals surface area contributed by atoms with Crippen molar-refractivity contribution in [3.05, 3.63) is 65.7 Å². The van der Waals surface area contributed by atoms with Crippen LogP contribution in [0.15, 0.2) is 59.5 Å².